The first kappa shape index (κ1) is 14.1. The SMILES string of the molecule is COc1ccc(C)cc1NC(=O)c1cc(C)n2nccc2n1. The van der Waals surface area contributed by atoms with Crippen LogP contribution < -0.4 is 10.1 Å². The molecule has 22 heavy (non-hydrogen) atoms. The molecule has 0 unspecified atom stereocenters. The van der Waals surface area contributed by atoms with E-state index in [9.17, 15) is 4.79 Å². The monoisotopic (exact) mass is 296 g/mol. The molecular weight excluding hydrogens is 280 g/mol. The summed E-state index contributed by atoms with van der Waals surface area (Å²) in [6.45, 7) is 3.83. The lowest BCUT2D eigenvalue weighted by Gasteiger charge is -2.11. The zero-order valence-electron chi connectivity index (χ0n) is 12.6. The first-order valence-electron chi connectivity index (χ1n) is 6.86. The van der Waals surface area contributed by atoms with E-state index in [2.05, 4.69) is 15.4 Å². The Morgan fingerprint density at radius 2 is 2.05 bits per heavy atom. The number of hydrogen-bond donors (Lipinski definition) is 1. The number of carbonyl (C=O) groups excluding carboxylic acids is 1. The van der Waals surface area contributed by atoms with E-state index in [0.717, 1.165) is 11.3 Å². The molecule has 1 N–H and O–H groups in total. The molecule has 1 amide bonds. The van der Waals surface area contributed by atoms with E-state index < -0.39 is 0 Å². The highest BCUT2D eigenvalue weighted by molar-refractivity contribution is 6.04. The molecule has 1 aromatic carbocycles. The third-order valence-corrected chi connectivity index (χ3v) is 3.37. The number of methoxy groups -OCH3 is 1. The van der Waals surface area contributed by atoms with Crippen LogP contribution in [0.1, 0.15) is 21.7 Å². The Morgan fingerprint density at radius 3 is 2.82 bits per heavy atom. The standard InChI is InChI=1S/C16H16N4O2/c1-10-4-5-14(22-3)12(8-10)19-16(21)13-9-11(2)20-15(18-13)6-7-17-20/h4-9H,1-3H3,(H,19,21). The minimum Gasteiger partial charge on any atom is -0.495 e. The summed E-state index contributed by atoms with van der Waals surface area (Å²) in [5.41, 5.74) is 3.48. The Hall–Kier alpha value is -2.89. The van der Waals surface area contributed by atoms with Crippen LogP contribution >= 0.6 is 0 Å². The molecule has 6 heteroatoms. The van der Waals surface area contributed by atoms with Crippen molar-refractivity contribution in [3.05, 3.63) is 53.5 Å². The Kier molecular flexibility index (Phi) is 3.50. The van der Waals surface area contributed by atoms with E-state index in [1.807, 2.05) is 32.0 Å². The highest BCUT2D eigenvalue weighted by Gasteiger charge is 2.13. The molecular formula is C16H16N4O2. The molecule has 0 bridgehead atoms. The zero-order chi connectivity index (χ0) is 15.7. The minimum absolute atomic E-state index is 0.282. The number of benzene rings is 1. The van der Waals surface area contributed by atoms with E-state index in [1.54, 1.807) is 30.0 Å². The van der Waals surface area contributed by atoms with Gasteiger partial charge < -0.3 is 10.1 Å². The van der Waals surface area contributed by atoms with E-state index in [0.29, 0.717) is 22.8 Å². The van der Waals surface area contributed by atoms with Crippen LogP contribution in [0, 0.1) is 13.8 Å². The molecule has 0 fully saturated rings. The fourth-order valence-electron chi connectivity index (χ4n) is 2.29. The lowest BCUT2D eigenvalue weighted by Crippen LogP contribution is -2.16. The normalized spacial score (nSPS) is 10.7. The zero-order valence-corrected chi connectivity index (χ0v) is 12.6. The Morgan fingerprint density at radius 1 is 1.23 bits per heavy atom. The van der Waals surface area contributed by atoms with Crippen LogP contribution in [0.4, 0.5) is 5.69 Å². The molecule has 2 aromatic heterocycles. The van der Waals surface area contributed by atoms with E-state index in [-0.39, 0.29) is 5.91 Å². The third kappa shape index (κ3) is 2.50. The maximum absolute atomic E-state index is 12.5. The lowest BCUT2D eigenvalue weighted by molar-refractivity contribution is 0.102. The first-order chi connectivity index (χ1) is 10.6. The van der Waals surface area contributed by atoms with Crippen LogP contribution in [0.5, 0.6) is 5.75 Å². The largest absolute Gasteiger partial charge is 0.495 e. The van der Waals surface area contributed by atoms with Gasteiger partial charge in [0.05, 0.1) is 19.0 Å². The van der Waals surface area contributed by atoms with Gasteiger partial charge in [-0.2, -0.15) is 5.10 Å². The lowest BCUT2D eigenvalue weighted by atomic mass is 10.2. The van der Waals surface area contributed by atoms with Crippen LogP contribution in [0.15, 0.2) is 36.5 Å². The van der Waals surface area contributed by atoms with Gasteiger partial charge >= 0.3 is 0 Å². The van der Waals surface area contributed by atoms with Crippen molar-refractivity contribution in [2.24, 2.45) is 0 Å². The van der Waals surface area contributed by atoms with Gasteiger partial charge in [-0.15, -0.1) is 0 Å². The topological polar surface area (TPSA) is 68.5 Å². The molecule has 6 nitrogen and oxygen atoms in total. The first-order valence-corrected chi connectivity index (χ1v) is 6.86. The van der Waals surface area contributed by atoms with Gasteiger partial charge in [0.25, 0.3) is 5.91 Å². The van der Waals surface area contributed by atoms with Gasteiger partial charge in [0, 0.05) is 11.8 Å². The van der Waals surface area contributed by atoms with Gasteiger partial charge in [-0.1, -0.05) is 6.07 Å². The number of nitrogens with one attached hydrogen (secondary N) is 1. The van der Waals surface area contributed by atoms with E-state index in [1.165, 1.54) is 0 Å². The summed E-state index contributed by atoms with van der Waals surface area (Å²) in [4.78, 5) is 16.8. The number of rotatable bonds is 3. The van der Waals surface area contributed by atoms with Gasteiger partial charge in [0.15, 0.2) is 5.65 Å². The number of hydrogen-bond acceptors (Lipinski definition) is 4. The number of carbonyl (C=O) groups is 1. The number of amides is 1. The molecule has 0 aliphatic heterocycles. The van der Waals surface area contributed by atoms with Crippen molar-refractivity contribution >= 4 is 17.2 Å². The molecule has 0 atom stereocenters. The van der Waals surface area contributed by atoms with Crippen LogP contribution in [0.2, 0.25) is 0 Å². The molecule has 0 radical (unpaired) electrons. The summed E-state index contributed by atoms with van der Waals surface area (Å²) in [5.74, 6) is 0.330. The summed E-state index contributed by atoms with van der Waals surface area (Å²) in [6.07, 6.45) is 1.65. The average Bonchev–Trinajstić information content (AvgIpc) is 2.96. The molecule has 0 saturated heterocycles. The number of ether oxygens (including phenoxy) is 1. The highest BCUT2D eigenvalue weighted by Crippen LogP contribution is 2.25. The maximum Gasteiger partial charge on any atom is 0.274 e. The number of aryl methyl sites for hydroxylation is 2. The second-order valence-corrected chi connectivity index (χ2v) is 5.04. The van der Waals surface area contributed by atoms with Crippen molar-refractivity contribution in [1.29, 1.82) is 0 Å². The quantitative estimate of drug-likeness (QED) is 0.806. The van der Waals surface area contributed by atoms with Crippen molar-refractivity contribution < 1.29 is 9.53 Å². The molecule has 0 spiro atoms. The Labute approximate surface area is 127 Å². The maximum atomic E-state index is 12.5. The van der Waals surface area contributed by atoms with E-state index in [4.69, 9.17) is 4.74 Å². The van der Waals surface area contributed by atoms with Crippen LogP contribution in [0.3, 0.4) is 0 Å². The van der Waals surface area contributed by atoms with Crippen molar-refractivity contribution in [3.8, 4) is 5.75 Å². The van der Waals surface area contributed by atoms with Crippen LogP contribution in [-0.4, -0.2) is 27.6 Å². The minimum atomic E-state index is -0.282. The van der Waals surface area contributed by atoms with Gasteiger partial charge in [0.1, 0.15) is 11.4 Å². The molecule has 112 valence electrons. The molecule has 0 saturated carbocycles. The highest BCUT2D eigenvalue weighted by atomic mass is 16.5. The Bertz CT molecular complexity index is 854. The van der Waals surface area contributed by atoms with Crippen LogP contribution in [0.25, 0.3) is 5.65 Å². The molecule has 0 aliphatic rings. The number of aromatic nitrogens is 3. The van der Waals surface area contributed by atoms with Crippen molar-refractivity contribution in [2.45, 2.75) is 13.8 Å². The average molecular weight is 296 g/mol. The summed E-state index contributed by atoms with van der Waals surface area (Å²) < 4.78 is 6.95. The smallest absolute Gasteiger partial charge is 0.274 e. The van der Waals surface area contributed by atoms with Gasteiger partial charge in [0.2, 0.25) is 0 Å². The fourth-order valence-corrected chi connectivity index (χ4v) is 2.29. The predicted molar refractivity (Wildman–Crippen MR) is 83.4 cm³/mol. The second kappa shape index (κ2) is 5.48. The van der Waals surface area contributed by atoms with Crippen molar-refractivity contribution in [2.75, 3.05) is 12.4 Å². The van der Waals surface area contributed by atoms with E-state index >= 15 is 0 Å². The predicted octanol–water partition coefficient (Wildman–Crippen LogP) is 2.61. The summed E-state index contributed by atoms with van der Waals surface area (Å²) in [6, 6.07) is 9.08. The van der Waals surface area contributed by atoms with Crippen molar-refractivity contribution in [1.82, 2.24) is 14.6 Å². The van der Waals surface area contributed by atoms with Gasteiger partial charge in [-0.3, -0.25) is 4.79 Å². The molecule has 2 heterocycles. The number of fused-ring (bicyclic) bond motifs is 1. The Balaban J connectivity index is 1.95. The summed E-state index contributed by atoms with van der Waals surface area (Å²) in [7, 11) is 1.57. The number of anilines is 1. The fraction of sp³-hybridized carbons (Fsp3) is 0.188. The molecule has 3 rings (SSSR count). The summed E-state index contributed by atoms with van der Waals surface area (Å²) in [5, 5.41) is 6.99. The second-order valence-electron chi connectivity index (χ2n) is 5.04. The van der Waals surface area contributed by atoms with Crippen molar-refractivity contribution in [3.63, 3.8) is 0 Å². The van der Waals surface area contributed by atoms with Crippen LogP contribution in [-0.2, 0) is 0 Å². The third-order valence-electron chi connectivity index (χ3n) is 3.37. The van der Waals surface area contributed by atoms with Gasteiger partial charge in [-0.05, 0) is 37.6 Å². The number of nitrogens with zero attached hydrogens (tertiary/aromatic N) is 3. The van der Waals surface area contributed by atoms with Gasteiger partial charge in [-0.25, -0.2) is 9.50 Å². The molecule has 3 aromatic rings. The molecule has 0 aliphatic carbocycles. The summed E-state index contributed by atoms with van der Waals surface area (Å²) >= 11 is 0.